The van der Waals surface area contributed by atoms with Crippen LogP contribution in [0.3, 0.4) is 0 Å². The van der Waals surface area contributed by atoms with Gasteiger partial charge in [-0.15, -0.1) is 0 Å². The summed E-state index contributed by atoms with van der Waals surface area (Å²) < 4.78 is 13.4. The molecule has 4 aromatic heterocycles. The molecule has 0 aliphatic heterocycles. The van der Waals surface area contributed by atoms with Gasteiger partial charge in [-0.1, -0.05) is 12.1 Å². The van der Waals surface area contributed by atoms with E-state index in [1.54, 1.807) is 34.8 Å². The van der Waals surface area contributed by atoms with E-state index in [0.29, 0.717) is 81.0 Å². The van der Waals surface area contributed by atoms with Crippen molar-refractivity contribution in [2.45, 2.75) is 39.5 Å². The first-order chi connectivity index (χ1) is 22.4. The summed E-state index contributed by atoms with van der Waals surface area (Å²) in [6.45, 7) is 4.24. The van der Waals surface area contributed by atoms with Crippen LogP contribution in [0.2, 0.25) is 0 Å². The van der Waals surface area contributed by atoms with Crippen molar-refractivity contribution in [2.24, 2.45) is 0 Å². The molecule has 0 saturated carbocycles. The summed E-state index contributed by atoms with van der Waals surface area (Å²) in [5, 5.41) is 3.88. The van der Waals surface area contributed by atoms with Gasteiger partial charge >= 0.3 is 11.9 Å². The molecule has 0 atom stereocenters. The number of hydrogen-bond acceptors (Lipinski definition) is 8. The molecule has 4 aromatic carbocycles. The van der Waals surface area contributed by atoms with E-state index in [1.165, 1.54) is 0 Å². The second-order valence-corrected chi connectivity index (χ2v) is 11.5. The maximum absolute atomic E-state index is 14.0. The lowest BCUT2D eigenvalue weighted by molar-refractivity contribution is -0.144. The molecule has 0 spiro atoms. The molecule has 0 radical (unpaired) electrons. The van der Waals surface area contributed by atoms with Crippen molar-refractivity contribution in [1.29, 1.82) is 0 Å². The molecule has 4 heterocycles. The number of pyridine rings is 2. The van der Waals surface area contributed by atoms with Crippen molar-refractivity contribution in [2.75, 3.05) is 13.2 Å². The van der Waals surface area contributed by atoms with Crippen LogP contribution in [0.15, 0.2) is 70.3 Å². The summed E-state index contributed by atoms with van der Waals surface area (Å²) in [4.78, 5) is 61.7. The third-order valence-electron chi connectivity index (χ3n) is 8.79. The predicted octanol–water partition coefficient (Wildman–Crippen LogP) is 5.34. The molecule has 46 heavy (non-hydrogen) atoms. The number of carbonyl (C=O) groups is 2. The third-order valence-corrected chi connectivity index (χ3v) is 8.79. The van der Waals surface area contributed by atoms with Gasteiger partial charge in [0.1, 0.15) is 11.3 Å². The Bertz CT molecular complexity index is 2470. The van der Waals surface area contributed by atoms with Crippen molar-refractivity contribution in [3.63, 3.8) is 0 Å². The summed E-state index contributed by atoms with van der Waals surface area (Å²) in [5.41, 5.74) is 5.09. The summed E-state index contributed by atoms with van der Waals surface area (Å²) in [6, 6.07) is 18.7. The van der Waals surface area contributed by atoms with E-state index in [9.17, 15) is 19.2 Å². The van der Waals surface area contributed by atoms with Gasteiger partial charge in [-0.3, -0.25) is 28.0 Å². The molecule has 10 nitrogen and oxygen atoms in total. The van der Waals surface area contributed by atoms with Crippen LogP contribution < -0.4 is 11.1 Å². The Morgan fingerprint density at radius 3 is 1.43 bits per heavy atom. The molecule has 0 unspecified atom stereocenters. The average molecular weight is 613 g/mol. The van der Waals surface area contributed by atoms with E-state index in [4.69, 9.17) is 19.4 Å². The maximum atomic E-state index is 14.0. The summed E-state index contributed by atoms with van der Waals surface area (Å²) in [6.07, 6.45) is 1.53. The fourth-order valence-electron chi connectivity index (χ4n) is 6.76. The fourth-order valence-corrected chi connectivity index (χ4v) is 6.76. The fraction of sp³-hybridized carbons (Fsp3) is 0.222. The van der Waals surface area contributed by atoms with Gasteiger partial charge in [-0.05, 0) is 86.3 Å². The highest BCUT2D eigenvalue weighted by molar-refractivity contribution is 6.27. The van der Waals surface area contributed by atoms with Gasteiger partial charge in [0, 0.05) is 45.2 Å². The second kappa shape index (κ2) is 10.5. The van der Waals surface area contributed by atoms with Crippen LogP contribution in [-0.4, -0.2) is 43.9 Å². The number of rotatable bonds is 8. The second-order valence-electron chi connectivity index (χ2n) is 11.5. The number of nitrogens with zero attached hydrogens (tertiary/aromatic N) is 4. The van der Waals surface area contributed by atoms with Gasteiger partial charge in [0.25, 0.3) is 11.1 Å². The number of esters is 2. The molecule has 0 bridgehead atoms. The zero-order chi connectivity index (χ0) is 31.7. The molecule has 8 rings (SSSR count). The first kappa shape index (κ1) is 27.9. The Morgan fingerprint density at radius 1 is 0.609 bits per heavy atom. The largest absolute Gasteiger partial charge is 0.466 e. The summed E-state index contributed by atoms with van der Waals surface area (Å²) >= 11 is 0. The molecular weight excluding hydrogens is 584 g/mol. The Labute approximate surface area is 260 Å². The predicted molar refractivity (Wildman–Crippen MR) is 176 cm³/mol. The van der Waals surface area contributed by atoms with Crippen LogP contribution in [0.1, 0.15) is 37.8 Å². The van der Waals surface area contributed by atoms with Crippen molar-refractivity contribution in [3.05, 3.63) is 92.5 Å². The van der Waals surface area contributed by atoms with Gasteiger partial charge < -0.3 is 9.47 Å². The van der Waals surface area contributed by atoms with E-state index in [1.807, 2.05) is 48.5 Å². The molecule has 0 amide bonds. The molecule has 0 fully saturated rings. The minimum Gasteiger partial charge on any atom is -0.466 e. The number of benzene rings is 4. The smallest absolute Gasteiger partial charge is 0.306 e. The first-order valence-electron chi connectivity index (χ1n) is 15.4. The van der Waals surface area contributed by atoms with E-state index >= 15 is 0 Å². The number of ether oxygens (including phenoxy) is 2. The van der Waals surface area contributed by atoms with E-state index in [0.717, 1.165) is 21.9 Å². The van der Waals surface area contributed by atoms with Crippen molar-refractivity contribution < 1.29 is 19.1 Å². The van der Waals surface area contributed by atoms with E-state index < -0.39 is 0 Å². The lowest BCUT2D eigenvalue weighted by atomic mass is 9.96. The Morgan fingerprint density at radius 2 is 1.02 bits per heavy atom. The third kappa shape index (κ3) is 4.09. The molecular formula is C36H28N4O6. The number of fused-ring (bicyclic) bond motifs is 8. The summed E-state index contributed by atoms with van der Waals surface area (Å²) in [7, 11) is 0. The molecule has 0 N–H and O–H groups in total. The number of imidazole rings is 2. The van der Waals surface area contributed by atoms with Gasteiger partial charge in [0.05, 0.1) is 35.3 Å². The van der Waals surface area contributed by atoms with E-state index in [-0.39, 0.29) is 35.9 Å². The Hall–Kier alpha value is -5.64. The standard InChI is InChI=1S/C36H28N4O6/c1-3-45-29(41)15-7-19-5-13-27-25(17-19)37-33-21-9-10-22-32-24(12-11-23(31(21)32)35(43)39(27)33)36(44)40-28-14-6-20(8-16-30(42)46-4-2)18-26(28)38-34(22)40/h5-6,9-14,17-18H,3-4,7-8,15-16H2,1-2H3. The van der Waals surface area contributed by atoms with Crippen molar-refractivity contribution >= 4 is 77.6 Å². The zero-order valence-electron chi connectivity index (χ0n) is 25.3. The Kier molecular flexibility index (Phi) is 6.35. The normalized spacial score (nSPS) is 12.1. The Balaban J connectivity index is 1.32. The molecule has 228 valence electrons. The zero-order valence-corrected chi connectivity index (χ0v) is 25.3. The molecule has 10 heteroatoms. The quantitative estimate of drug-likeness (QED) is 0.167. The monoisotopic (exact) mass is 612 g/mol. The highest BCUT2D eigenvalue weighted by Crippen LogP contribution is 2.37. The highest BCUT2D eigenvalue weighted by Gasteiger charge is 2.22. The number of aromatic nitrogens is 4. The van der Waals surface area contributed by atoms with Gasteiger partial charge in [0.2, 0.25) is 0 Å². The van der Waals surface area contributed by atoms with Crippen molar-refractivity contribution in [3.8, 4) is 0 Å². The number of hydrogen-bond donors (Lipinski definition) is 0. The van der Waals surface area contributed by atoms with Crippen molar-refractivity contribution in [1.82, 2.24) is 18.8 Å². The minimum atomic E-state index is -0.255. The highest BCUT2D eigenvalue weighted by atomic mass is 16.5. The van der Waals surface area contributed by atoms with Crippen LogP contribution in [-0.2, 0) is 31.9 Å². The van der Waals surface area contributed by atoms with Crippen LogP contribution >= 0.6 is 0 Å². The van der Waals surface area contributed by atoms with Crippen LogP contribution in [0.4, 0.5) is 0 Å². The topological polar surface area (TPSA) is 121 Å². The maximum Gasteiger partial charge on any atom is 0.306 e. The lowest BCUT2D eigenvalue weighted by Crippen LogP contribution is -2.16. The molecule has 8 aromatic rings. The first-order valence-corrected chi connectivity index (χ1v) is 15.4. The number of aryl methyl sites for hydroxylation is 2. The van der Waals surface area contributed by atoms with Gasteiger partial charge in [0.15, 0.2) is 0 Å². The average Bonchev–Trinajstić information content (AvgIpc) is 3.63. The van der Waals surface area contributed by atoms with Gasteiger partial charge in [-0.25, -0.2) is 9.97 Å². The summed E-state index contributed by atoms with van der Waals surface area (Å²) in [5.74, 6) is -0.510. The molecule has 0 aliphatic carbocycles. The van der Waals surface area contributed by atoms with E-state index in [2.05, 4.69) is 0 Å². The number of carbonyl (C=O) groups excluding carboxylic acids is 2. The molecule has 0 saturated heterocycles. The van der Waals surface area contributed by atoms with Crippen LogP contribution in [0.5, 0.6) is 0 Å². The lowest BCUT2D eigenvalue weighted by Gasteiger charge is -2.12. The molecule has 0 aliphatic rings. The van der Waals surface area contributed by atoms with Crippen LogP contribution in [0.25, 0.3) is 65.7 Å². The van der Waals surface area contributed by atoms with Crippen LogP contribution in [0, 0.1) is 0 Å². The van der Waals surface area contributed by atoms with Gasteiger partial charge in [-0.2, -0.15) is 0 Å². The SMILES string of the molecule is CCOC(=O)CCc1ccc2c(c1)nc1c3ccc4c5c(ccc(c(=O)n21)c35)c(=O)n1c2ccc(CCC(=O)OCC)cc2nc41. The minimum absolute atomic E-state index is 0.217.